The van der Waals surface area contributed by atoms with Gasteiger partial charge >= 0.3 is 5.97 Å². The van der Waals surface area contributed by atoms with Crippen LogP contribution in [0.3, 0.4) is 0 Å². The van der Waals surface area contributed by atoms with E-state index in [0.717, 1.165) is 25.7 Å². The third kappa shape index (κ3) is 1.88. The van der Waals surface area contributed by atoms with Crippen LogP contribution in [0.1, 0.15) is 36.0 Å². The fourth-order valence-electron chi connectivity index (χ4n) is 4.47. The van der Waals surface area contributed by atoms with Crippen LogP contribution in [0.2, 0.25) is 0 Å². The molecule has 3 saturated carbocycles. The molecule has 3 heteroatoms. The fraction of sp³-hybridized carbons (Fsp3) is 0.562. The molecule has 3 aliphatic carbocycles. The van der Waals surface area contributed by atoms with E-state index < -0.39 is 12.0 Å². The summed E-state index contributed by atoms with van der Waals surface area (Å²) in [5, 5.41) is 9.03. The highest BCUT2D eigenvalue weighted by atomic mass is 16.4. The summed E-state index contributed by atoms with van der Waals surface area (Å²) in [6, 6.07) is 6.01. The quantitative estimate of drug-likeness (QED) is 0.873. The first kappa shape index (κ1) is 12.7. The molecule has 0 aliphatic heterocycles. The van der Waals surface area contributed by atoms with Crippen LogP contribution in [0, 0.1) is 24.7 Å². The predicted molar refractivity (Wildman–Crippen MR) is 73.9 cm³/mol. The molecule has 4 rings (SSSR count). The number of rotatable bonds is 4. The third-order valence-corrected chi connectivity index (χ3v) is 4.97. The summed E-state index contributed by atoms with van der Waals surface area (Å²) in [4.78, 5) is 11.0. The second-order valence-corrected chi connectivity index (χ2v) is 6.88. The van der Waals surface area contributed by atoms with Gasteiger partial charge in [-0.05, 0) is 55.9 Å². The molecule has 102 valence electrons. The van der Waals surface area contributed by atoms with Crippen LogP contribution in [0.5, 0.6) is 0 Å². The van der Waals surface area contributed by atoms with Crippen molar-refractivity contribution in [2.45, 2.75) is 45.6 Å². The van der Waals surface area contributed by atoms with Gasteiger partial charge in [-0.2, -0.15) is 0 Å². The molecule has 3 nitrogen and oxygen atoms in total. The van der Waals surface area contributed by atoms with Gasteiger partial charge in [0.05, 0.1) is 0 Å². The second-order valence-electron chi connectivity index (χ2n) is 6.88. The van der Waals surface area contributed by atoms with E-state index in [9.17, 15) is 4.79 Å². The van der Waals surface area contributed by atoms with Crippen LogP contribution in [0.15, 0.2) is 18.2 Å². The first-order chi connectivity index (χ1) is 8.84. The smallest absolute Gasteiger partial charge is 0.321 e. The molecule has 19 heavy (non-hydrogen) atoms. The first-order valence-corrected chi connectivity index (χ1v) is 6.90. The fourth-order valence-corrected chi connectivity index (χ4v) is 4.47. The highest BCUT2D eigenvalue weighted by Gasteiger charge is 2.70. The van der Waals surface area contributed by atoms with Gasteiger partial charge in [-0.3, -0.25) is 4.79 Å². The molecule has 3 aliphatic rings. The molecule has 1 unspecified atom stereocenters. The van der Waals surface area contributed by atoms with Crippen LogP contribution >= 0.6 is 0 Å². The number of nitrogens with two attached hydrogens (primary N) is 1. The third-order valence-electron chi connectivity index (χ3n) is 4.97. The van der Waals surface area contributed by atoms with E-state index in [0.29, 0.717) is 5.41 Å². The Labute approximate surface area is 113 Å². The van der Waals surface area contributed by atoms with Crippen molar-refractivity contribution in [1.82, 2.24) is 0 Å². The van der Waals surface area contributed by atoms with Crippen LogP contribution in [-0.2, 0) is 11.2 Å². The van der Waals surface area contributed by atoms with E-state index in [1.165, 1.54) is 16.7 Å². The number of carboxylic acid groups (broad SMARTS) is 1. The number of hydrogen-bond donors (Lipinski definition) is 2. The Morgan fingerprint density at radius 3 is 2.26 bits per heavy atom. The van der Waals surface area contributed by atoms with E-state index in [4.69, 9.17) is 10.8 Å². The Morgan fingerprint density at radius 2 is 1.79 bits per heavy atom. The molecule has 0 saturated heterocycles. The minimum atomic E-state index is -0.847. The van der Waals surface area contributed by atoms with Gasteiger partial charge in [-0.25, -0.2) is 0 Å². The molecule has 0 aromatic heterocycles. The van der Waals surface area contributed by atoms with Gasteiger partial charge in [0.15, 0.2) is 0 Å². The lowest BCUT2D eigenvalue weighted by Gasteiger charge is -2.72. The van der Waals surface area contributed by atoms with Crippen LogP contribution in [0.25, 0.3) is 0 Å². The summed E-state index contributed by atoms with van der Waals surface area (Å²) in [5.41, 5.74) is 10.0. The van der Waals surface area contributed by atoms with E-state index in [1.807, 2.05) is 0 Å². The summed E-state index contributed by atoms with van der Waals surface area (Å²) >= 11 is 0. The lowest BCUT2D eigenvalue weighted by molar-refractivity contribution is -0.219. The Morgan fingerprint density at radius 1 is 1.26 bits per heavy atom. The standard InChI is InChI=1S/C16H21NO2/c1-10-3-11(2)5-12(4-10)6-15-7-16(8-15,9-15)13(17)14(18)19/h3-5,13H,6-9,17H2,1-2H3,(H,18,19). The number of aryl methyl sites for hydroxylation is 2. The molecule has 3 N–H and O–H groups in total. The van der Waals surface area contributed by atoms with Crippen molar-refractivity contribution in [3.8, 4) is 0 Å². The van der Waals surface area contributed by atoms with Crippen molar-refractivity contribution in [2.75, 3.05) is 0 Å². The van der Waals surface area contributed by atoms with Gasteiger partial charge in [-0.1, -0.05) is 29.3 Å². The Kier molecular flexibility index (Phi) is 2.55. The largest absolute Gasteiger partial charge is 0.480 e. The van der Waals surface area contributed by atoms with Gasteiger partial charge < -0.3 is 10.8 Å². The molecule has 0 amide bonds. The zero-order chi connectivity index (χ0) is 13.8. The zero-order valence-corrected chi connectivity index (χ0v) is 11.6. The number of aliphatic carboxylic acids is 1. The van der Waals surface area contributed by atoms with Crippen LogP contribution in [-0.4, -0.2) is 17.1 Å². The maximum Gasteiger partial charge on any atom is 0.321 e. The maximum absolute atomic E-state index is 11.0. The van der Waals surface area contributed by atoms with Crippen molar-refractivity contribution >= 4 is 5.97 Å². The highest BCUT2D eigenvalue weighted by Crippen LogP contribution is 2.75. The van der Waals surface area contributed by atoms with Crippen molar-refractivity contribution < 1.29 is 9.90 Å². The number of carbonyl (C=O) groups is 1. The van der Waals surface area contributed by atoms with E-state index in [1.54, 1.807) is 0 Å². The second kappa shape index (κ2) is 3.83. The molecule has 0 heterocycles. The van der Waals surface area contributed by atoms with Crippen molar-refractivity contribution in [1.29, 1.82) is 0 Å². The van der Waals surface area contributed by atoms with E-state index in [-0.39, 0.29) is 5.41 Å². The molecule has 3 fully saturated rings. The average Bonchev–Trinajstić information content (AvgIpc) is 2.18. The summed E-state index contributed by atoms with van der Waals surface area (Å²) < 4.78 is 0. The Bertz CT molecular complexity index is 510. The van der Waals surface area contributed by atoms with Gasteiger partial charge in [-0.15, -0.1) is 0 Å². The summed E-state index contributed by atoms with van der Waals surface area (Å²) in [6.07, 6.45) is 4.03. The van der Waals surface area contributed by atoms with Crippen molar-refractivity contribution in [3.63, 3.8) is 0 Å². The van der Waals surface area contributed by atoms with Gasteiger partial charge in [0.25, 0.3) is 0 Å². The summed E-state index contributed by atoms with van der Waals surface area (Å²) in [6.45, 7) is 4.25. The van der Waals surface area contributed by atoms with Gasteiger partial charge in [0.1, 0.15) is 6.04 Å². The predicted octanol–water partition coefficient (Wildman–Crippen LogP) is 2.43. The molecule has 0 spiro atoms. The van der Waals surface area contributed by atoms with E-state index in [2.05, 4.69) is 32.0 Å². The average molecular weight is 259 g/mol. The normalized spacial score (nSPS) is 33.2. The Hall–Kier alpha value is -1.35. The molecule has 1 aromatic carbocycles. The topological polar surface area (TPSA) is 63.3 Å². The van der Waals surface area contributed by atoms with Crippen molar-refractivity contribution in [3.05, 3.63) is 34.9 Å². The number of carboxylic acids is 1. The lowest BCUT2D eigenvalue weighted by atomic mass is 9.32. The number of hydrogen-bond acceptors (Lipinski definition) is 2. The molecular formula is C16H21NO2. The SMILES string of the molecule is Cc1cc(C)cc(CC23CC(C(N)C(=O)O)(C2)C3)c1. The Balaban J connectivity index is 1.68. The molecule has 1 atom stereocenters. The highest BCUT2D eigenvalue weighted by molar-refractivity contribution is 5.75. The number of benzene rings is 1. The zero-order valence-electron chi connectivity index (χ0n) is 11.6. The minimum absolute atomic E-state index is 0.0926. The maximum atomic E-state index is 11.0. The minimum Gasteiger partial charge on any atom is -0.480 e. The van der Waals surface area contributed by atoms with Crippen LogP contribution in [0.4, 0.5) is 0 Å². The van der Waals surface area contributed by atoms with E-state index >= 15 is 0 Å². The molecular weight excluding hydrogens is 238 g/mol. The summed E-state index contributed by atoms with van der Waals surface area (Å²) in [7, 11) is 0. The monoisotopic (exact) mass is 259 g/mol. The summed E-state index contributed by atoms with van der Waals surface area (Å²) in [5.74, 6) is -0.847. The van der Waals surface area contributed by atoms with Gasteiger partial charge in [0, 0.05) is 0 Å². The molecule has 1 aromatic rings. The van der Waals surface area contributed by atoms with Crippen molar-refractivity contribution in [2.24, 2.45) is 16.6 Å². The molecule has 0 radical (unpaired) electrons. The molecule has 2 bridgehead atoms. The lowest BCUT2D eigenvalue weighted by Crippen LogP contribution is -2.71. The first-order valence-electron chi connectivity index (χ1n) is 6.90. The van der Waals surface area contributed by atoms with Crippen LogP contribution < -0.4 is 5.73 Å². The van der Waals surface area contributed by atoms with Gasteiger partial charge in [0.2, 0.25) is 0 Å².